The summed E-state index contributed by atoms with van der Waals surface area (Å²) in [4.78, 5) is 13.1. The molecular formula is C25H20Cl2F4N2O2. The fourth-order valence-corrected chi connectivity index (χ4v) is 3.84. The molecule has 0 aromatic heterocycles. The van der Waals surface area contributed by atoms with Crippen LogP contribution in [0.25, 0.3) is 16.8 Å². The summed E-state index contributed by atoms with van der Waals surface area (Å²) in [6, 6.07) is 13.2. The number of ether oxygens (including phenoxy) is 1. The van der Waals surface area contributed by atoms with Gasteiger partial charge in [-0.05, 0) is 48.0 Å². The number of halogens is 6. The van der Waals surface area contributed by atoms with Crippen LogP contribution in [-0.2, 0) is 0 Å². The summed E-state index contributed by atoms with van der Waals surface area (Å²) in [6.07, 6.45) is -5.61. The van der Waals surface area contributed by atoms with Gasteiger partial charge in [-0.3, -0.25) is 4.79 Å². The van der Waals surface area contributed by atoms with Gasteiger partial charge in [0.2, 0.25) is 5.91 Å². The Labute approximate surface area is 209 Å². The highest BCUT2D eigenvalue weighted by atomic mass is 35.5. The normalized spacial score (nSPS) is 11.3. The highest BCUT2D eigenvalue weighted by molar-refractivity contribution is 6.33. The van der Waals surface area contributed by atoms with E-state index in [1.54, 1.807) is 19.2 Å². The molecule has 0 atom stereocenters. The molecule has 3 aromatic rings. The number of carbonyl (C=O) groups excluding carboxylic acids is 1. The first kappa shape index (κ1) is 26.4. The average Bonchev–Trinajstić information content (AvgIpc) is 2.77. The second-order valence-electron chi connectivity index (χ2n) is 7.56. The fraction of sp³-hybridized carbons (Fsp3) is 0.160. The highest BCUT2D eigenvalue weighted by Crippen LogP contribution is 2.39. The Morgan fingerprint density at radius 1 is 1.09 bits per heavy atom. The Balaban J connectivity index is 2.06. The van der Waals surface area contributed by atoms with Gasteiger partial charge in [0.15, 0.2) is 0 Å². The SMILES string of the molecule is C=C(c1c(F)cccc1Cl)N(C)c1ccc(-c2cc(C(N)=O)ccc2Cl)cc1OCCC(F)(F)F. The molecule has 0 saturated heterocycles. The topological polar surface area (TPSA) is 55.6 Å². The summed E-state index contributed by atoms with van der Waals surface area (Å²) in [6.45, 7) is 3.25. The van der Waals surface area contributed by atoms with Crippen LogP contribution < -0.4 is 15.4 Å². The van der Waals surface area contributed by atoms with E-state index in [-0.39, 0.29) is 27.6 Å². The molecule has 3 aromatic carbocycles. The van der Waals surface area contributed by atoms with Crippen molar-refractivity contribution in [1.82, 2.24) is 0 Å². The molecular weight excluding hydrogens is 507 g/mol. The lowest BCUT2D eigenvalue weighted by Gasteiger charge is -2.26. The van der Waals surface area contributed by atoms with Gasteiger partial charge in [0, 0.05) is 28.9 Å². The Morgan fingerprint density at radius 3 is 2.43 bits per heavy atom. The van der Waals surface area contributed by atoms with Crippen molar-refractivity contribution in [2.45, 2.75) is 12.6 Å². The second kappa shape index (κ2) is 10.6. The lowest BCUT2D eigenvalue weighted by molar-refractivity contribution is -0.139. The third-order valence-electron chi connectivity index (χ3n) is 5.18. The monoisotopic (exact) mass is 526 g/mol. The molecule has 1 amide bonds. The van der Waals surface area contributed by atoms with Gasteiger partial charge in [0.05, 0.1) is 29.3 Å². The van der Waals surface area contributed by atoms with Crippen LogP contribution in [0.4, 0.5) is 23.2 Å². The Kier molecular flexibility index (Phi) is 7.97. The predicted octanol–water partition coefficient (Wildman–Crippen LogP) is 7.34. The molecule has 3 rings (SSSR count). The second-order valence-corrected chi connectivity index (χ2v) is 8.37. The fourth-order valence-electron chi connectivity index (χ4n) is 3.34. The Bertz CT molecular complexity index is 1260. The number of primary amides is 1. The summed E-state index contributed by atoms with van der Waals surface area (Å²) in [5.41, 5.74) is 6.95. The first-order valence-electron chi connectivity index (χ1n) is 10.2. The third kappa shape index (κ3) is 6.26. The number of hydrogen-bond donors (Lipinski definition) is 1. The number of alkyl halides is 3. The standard InChI is InChI=1S/C25H20Cl2F4N2O2/c1-14(23-19(27)4-3-5-20(23)28)33(2)21-9-7-15(13-22(21)35-11-10-25(29,30)31)17-12-16(24(32)34)6-8-18(17)26/h3-9,12-13H,1,10-11H2,2H3,(H2,32,34). The molecule has 0 aliphatic carbocycles. The van der Waals surface area contributed by atoms with E-state index in [9.17, 15) is 22.4 Å². The van der Waals surface area contributed by atoms with Crippen LogP contribution in [-0.4, -0.2) is 25.7 Å². The average molecular weight is 527 g/mol. The molecule has 2 N–H and O–H groups in total. The van der Waals surface area contributed by atoms with E-state index in [0.29, 0.717) is 21.8 Å². The van der Waals surface area contributed by atoms with Crippen molar-refractivity contribution >= 4 is 40.5 Å². The molecule has 0 spiro atoms. The molecule has 0 aliphatic heterocycles. The maximum absolute atomic E-state index is 14.5. The molecule has 0 fully saturated rings. The molecule has 35 heavy (non-hydrogen) atoms. The summed E-state index contributed by atoms with van der Waals surface area (Å²) >= 11 is 12.5. The highest BCUT2D eigenvalue weighted by Gasteiger charge is 2.27. The van der Waals surface area contributed by atoms with Crippen LogP contribution in [0.5, 0.6) is 5.75 Å². The molecule has 0 unspecified atom stereocenters. The third-order valence-corrected chi connectivity index (χ3v) is 5.83. The van der Waals surface area contributed by atoms with Crippen molar-refractivity contribution in [2.24, 2.45) is 5.73 Å². The van der Waals surface area contributed by atoms with E-state index in [0.717, 1.165) is 0 Å². The minimum Gasteiger partial charge on any atom is -0.491 e. The van der Waals surface area contributed by atoms with Crippen LogP contribution in [0.1, 0.15) is 22.3 Å². The molecule has 0 saturated carbocycles. The van der Waals surface area contributed by atoms with Crippen LogP contribution in [0.2, 0.25) is 10.0 Å². The zero-order chi connectivity index (χ0) is 25.9. The summed E-state index contributed by atoms with van der Waals surface area (Å²) in [5.74, 6) is -1.22. The van der Waals surface area contributed by atoms with Gasteiger partial charge in [-0.1, -0.05) is 41.9 Å². The van der Waals surface area contributed by atoms with Crippen molar-refractivity contribution in [3.63, 3.8) is 0 Å². The minimum absolute atomic E-state index is 0.0409. The van der Waals surface area contributed by atoms with Gasteiger partial charge in [-0.15, -0.1) is 0 Å². The summed E-state index contributed by atoms with van der Waals surface area (Å²) in [7, 11) is 1.55. The van der Waals surface area contributed by atoms with Crippen molar-refractivity contribution in [2.75, 3.05) is 18.6 Å². The van der Waals surface area contributed by atoms with Gasteiger partial charge in [-0.25, -0.2) is 4.39 Å². The van der Waals surface area contributed by atoms with Crippen molar-refractivity contribution in [3.05, 3.63) is 88.2 Å². The number of anilines is 1. The quantitative estimate of drug-likeness (QED) is 0.312. The number of carbonyl (C=O) groups is 1. The largest absolute Gasteiger partial charge is 0.491 e. The minimum atomic E-state index is -4.42. The van der Waals surface area contributed by atoms with E-state index in [2.05, 4.69) is 6.58 Å². The lowest BCUT2D eigenvalue weighted by Crippen LogP contribution is -2.18. The van der Waals surface area contributed by atoms with Crippen LogP contribution in [0.15, 0.2) is 61.2 Å². The number of rotatable bonds is 8. The predicted molar refractivity (Wildman–Crippen MR) is 130 cm³/mol. The number of hydrogen-bond acceptors (Lipinski definition) is 3. The first-order chi connectivity index (χ1) is 16.4. The van der Waals surface area contributed by atoms with E-state index in [1.807, 2.05) is 0 Å². The molecule has 0 heterocycles. The van der Waals surface area contributed by atoms with Gasteiger partial charge >= 0.3 is 6.18 Å². The molecule has 0 bridgehead atoms. The summed E-state index contributed by atoms with van der Waals surface area (Å²) < 4.78 is 58.2. The van der Waals surface area contributed by atoms with Crippen molar-refractivity contribution in [3.8, 4) is 16.9 Å². The van der Waals surface area contributed by atoms with Gasteiger partial charge in [0.1, 0.15) is 11.6 Å². The van der Waals surface area contributed by atoms with Crippen LogP contribution in [0, 0.1) is 5.82 Å². The number of nitrogens with two attached hydrogens (primary N) is 1. The van der Waals surface area contributed by atoms with E-state index >= 15 is 0 Å². The Hall–Kier alpha value is -3.23. The molecule has 10 heteroatoms. The summed E-state index contributed by atoms with van der Waals surface area (Å²) in [5, 5.41) is 0.410. The van der Waals surface area contributed by atoms with E-state index in [4.69, 9.17) is 33.7 Å². The smallest absolute Gasteiger partial charge is 0.392 e. The maximum atomic E-state index is 14.5. The molecule has 0 aliphatic rings. The molecule has 0 radical (unpaired) electrons. The first-order valence-corrected chi connectivity index (χ1v) is 10.9. The zero-order valence-electron chi connectivity index (χ0n) is 18.4. The van der Waals surface area contributed by atoms with Gasteiger partial charge in [0.25, 0.3) is 0 Å². The Morgan fingerprint density at radius 2 is 1.80 bits per heavy atom. The number of nitrogens with zero attached hydrogens (tertiary/aromatic N) is 1. The molecule has 184 valence electrons. The zero-order valence-corrected chi connectivity index (χ0v) is 19.9. The van der Waals surface area contributed by atoms with Crippen LogP contribution >= 0.6 is 23.2 Å². The van der Waals surface area contributed by atoms with E-state index in [1.165, 1.54) is 47.4 Å². The van der Waals surface area contributed by atoms with Gasteiger partial charge in [-0.2, -0.15) is 13.2 Å². The lowest BCUT2D eigenvalue weighted by atomic mass is 10.0. The van der Waals surface area contributed by atoms with Crippen LogP contribution in [0.3, 0.4) is 0 Å². The number of benzene rings is 3. The molecule has 4 nitrogen and oxygen atoms in total. The number of amides is 1. The van der Waals surface area contributed by atoms with Crippen molar-refractivity contribution < 1.29 is 27.1 Å². The van der Waals surface area contributed by atoms with E-state index < -0.39 is 30.9 Å². The maximum Gasteiger partial charge on any atom is 0.392 e. The van der Waals surface area contributed by atoms with Gasteiger partial charge < -0.3 is 15.4 Å². The van der Waals surface area contributed by atoms with Crippen molar-refractivity contribution in [1.29, 1.82) is 0 Å².